The first-order chi connectivity index (χ1) is 11.5. The van der Waals surface area contributed by atoms with E-state index in [1.165, 1.54) is 19.2 Å². The van der Waals surface area contributed by atoms with Crippen molar-refractivity contribution in [3.63, 3.8) is 0 Å². The molecule has 1 N–H and O–H groups in total. The Morgan fingerprint density at radius 3 is 2.54 bits per heavy atom. The van der Waals surface area contributed by atoms with E-state index in [1.807, 2.05) is 42.5 Å². The van der Waals surface area contributed by atoms with Gasteiger partial charge in [0.15, 0.2) is 11.6 Å². The molecule has 0 aliphatic rings. The number of nitrogens with one attached hydrogen (secondary N) is 1. The normalized spacial score (nSPS) is 11.6. The number of sulfonamides is 1. The molecular formula is C18H16FNO3S. The molecule has 4 nitrogen and oxygen atoms in total. The van der Waals surface area contributed by atoms with Crippen LogP contribution in [0, 0.1) is 5.82 Å². The monoisotopic (exact) mass is 345 g/mol. The fraction of sp³-hybridized carbons (Fsp3) is 0.111. The maximum absolute atomic E-state index is 13.7. The predicted molar refractivity (Wildman–Crippen MR) is 90.9 cm³/mol. The van der Waals surface area contributed by atoms with Gasteiger partial charge in [0.05, 0.1) is 12.0 Å². The van der Waals surface area contributed by atoms with Crippen molar-refractivity contribution in [2.45, 2.75) is 11.4 Å². The Kier molecular flexibility index (Phi) is 4.51. The summed E-state index contributed by atoms with van der Waals surface area (Å²) in [5, 5.41) is 2.01. The van der Waals surface area contributed by atoms with Crippen LogP contribution in [0.3, 0.4) is 0 Å². The lowest BCUT2D eigenvalue weighted by atomic mass is 10.1. The van der Waals surface area contributed by atoms with Crippen molar-refractivity contribution in [2.24, 2.45) is 0 Å². The van der Waals surface area contributed by atoms with E-state index in [0.717, 1.165) is 22.4 Å². The van der Waals surface area contributed by atoms with Gasteiger partial charge in [-0.3, -0.25) is 0 Å². The average molecular weight is 345 g/mol. The summed E-state index contributed by atoms with van der Waals surface area (Å²) in [4.78, 5) is -0.138. The lowest BCUT2D eigenvalue weighted by molar-refractivity contribution is 0.385. The van der Waals surface area contributed by atoms with Crippen LogP contribution in [-0.2, 0) is 16.6 Å². The number of hydrogen-bond acceptors (Lipinski definition) is 3. The average Bonchev–Trinajstić information content (AvgIpc) is 2.60. The van der Waals surface area contributed by atoms with Crippen molar-refractivity contribution in [3.05, 3.63) is 72.0 Å². The Morgan fingerprint density at radius 2 is 1.79 bits per heavy atom. The van der Waals surface area contributed by atoms with Gasteiger partial charge in [-0.1, -0.05) is 42.5 Å². The molecule has 0 saturated carbocycles. The summed E-state index contributed by atoms with van der Waals surface area (Å²) in [6.07, 6.45) is 0. The van der Waals surface area contributed by atoms with Crippen molar-refractivity contribution in [2.75, 3.05) is 7.11 Å². The van der Waals surface area contributed by atoms with Crippen LogP contribution in [0.15, 0.2) is 65.6 Å². The number of halogens is 1. The minimum atomic E-state index is -3.82. The molecule has 24 heavy (non-hydrogen) atoms. The zero-order valence-corrected chi connectivity index (χ0v) is 13.8. The first kappa shape index (κ1) is 16.4. The van der Waals surface area contributed by atoms with Gasteiger partial charge in [-0.15, -0.1) is 0 Å². The van der Waals surface area contributed by atoms with Gasteiger partial charge in [-0.2, -0.15) is 0 Å². The van der Waals surface area contributed by atoms with Gasteiger partial charge in [0, 0.05) is 6.54 Å². The molecule has 0 spiro atoms. The highest BCUT2D eigenvalue weighted by molar-refractivity contribution is 7.89. The molecule has 0 aliphatic heterocycles. The van der Waals surface area contributed by atoms with Crippen LogP contribution >= 0.6 is 0 Å². The molecule has 3 aromatic carbocycles. The molecule has 0 aliphatic carbocycles. The summed E-state index contributed by atoms with van der Waals surface area (Å²) in [6.45, 7) is 0.122. The Morgan fingerprint density at radius 1 is 1.04 bits per heavy atom. The molecule has 0 heterocycles. The molecule has 6 heteroatoms. The van der Waals surface area contributed by atoms with Crippen molar-refractivity contribution >= 4 is 20.8 Å². The van der Waals surface area contributed by atoms with Crippen LogP contribution in [0.2, 0.25) is 0 Å². The Labute approximate surface area is 139 Å². The second-order valence-electron chi connectivity index (χ2n) is 5.26. The van der Waals surface area contributed by atoms with Crippen molar-refractivity contribution in [1.82, 2.24) is 4.72 Å². The third-order valence-corrected chi connectivity index (χ3v) is 5.17. The van der Waals surface area contributed by atoms with E-state index >= 15 is 0 Å². The zero-order valence-electron chi connectivity index (χ0n) is 13.0. The third kappa shape index (κ3) is 3.25. The second kappa shape index (κ2) is 6.59. The molecule has 0 fully saturated rings. The minimum Gasteiger partial charge on any atom is -0.494 e. The van der Waals surface area contributed by atoms with Gasteiger partial charge in [0.2, 0.25) is 10.0 Å². The van der Waals surface area contributed by atoms with E-state index in [1.54, 1.807) is 0 Å². The zero-order chi connectivity index (χ0) is 17.2. The lowest BCUT2D eigenvalue weighted by Crippen LogP contribution is -2.23. The van der Waals surface area contributed by atoms with E-state index in [2.05, 4.69) is 4.72 Å². The Bertz CT molecular complexity index is 981. The number of fused-ring (bicyclic) bond motifs is 1. The van der Waals surface area contributed by atoms with Crippen LogP contribution in [0.5, 0.6) is 5.75 Å². The molecule has 0 atom stereocenters. The summed E-state index contributed by atoms with van der Waals surface area (Å²) in [5.74, 6) is -0.714. The summed E-state index contributed by atoms with van der Waals surface area (Å²) >= 11 is 0. The van der Waals surface area contributed by atoms with E-state index in [4.69, 9.17) is 4.74 Å². The van der Waals surface area contributed by atoms with Crippen LogP contribution in [0.1, 0.15) is 5.56 Å². The fourth-order valence-electron chi connectivity index (χ4n) is 2.52. The maximum Gasteiger partial charge on any atom is 0.240 e. The van der Waals surface area contributed by atoms with Gasteiger partial charge in [-0.05, 0) is 34.5 Å². The van der Waals surface area contributed by atoms with Crippen LogP contribution in [0.25, 0.3) is 10.8 Å². The largest absolute Gasteiger partial charge is 0.494 e. The topological polar surface area (TPSA) is 55.4 Å². The molecule has 124 valence electrons. The number of hydrogen-bond donors (Lipinski definition) is 1. The Hall–Kier alpha value is -2.44. The highest BCUT2D eigenvalue weighted by Crippen LogP contribution is 2.22. The van der Waals surface area contributed by atoms with Crippen LogP contribution in [0.4, 0.5) is 4.39 Å². The SMILES string of the molecule is COc1ccc(S(=O)(=O)NCc2cccc3ccccc23)cc1F. The standard InChI is InChI=1S/C18H16FNO3S/c1-23-18-10-9-15(11-17(18)19)24(21,22)20-12-14-7-4-6-13-5-2-3-8-16(13)14/h2-11,20H,12H2,1H3. The van der Waals surface area contributed by atoms with E-state index < -0.39 is 15.8 Å². The van der Waals surface area contributed by atoms with Crippen molar-refractivity contribution in [3.8, 4) is 5.75 Å². The third-order valence-electron chi connectivity index (χ3n) is 3.77. The van der Waals surface area contributed by atoms with Gasteiger partial charge in [-0.25, -0.2) is 17.5 Å². The number of ether oxygens (including phenoxy) is 1. The molecule has 0 unspecified atom stereocenters. The highest BCUT2D eigenvalue weighted by Gasteiger charge is 2.16. The first-order valence-corrected chi connectivity index (χ1v) is 8.79. The molecule has 3 rings (SSSR count). The smallest absolute Gasteiger partial charge is 0.240 e. The quantitative estimate of drug-likeness (QED) is 0.770. The van der Waals surface area contributed by atoms with Gasteiger partial charge in [0.1, 0.15) is 0 Å². The molecule has 0 radical (unpaired) electrons. The Balaban J connectivity index is 1.86. The fourth-order valence-corrected chi connectivity index (χ4v) is 3.54. The first-order valence-electron chi connectivity index (χ1n) is 7.31. The summed E-state index contributed by atoms with van der Waals surface area (Å²) in [6, 6.07) is 17.0. The summed E-state index contributed by atoms with van der Waals surface area (Å²) < 4.78 is 45.8. The van der Waals surface area contributed by atoms with Gasteiger partial charge >= 0.3 is 0 Å². The number of methoxy groups -OCH3 is 1. The predicted octanol–water partition coefficient (Wildman–Crippen LogP) is 3.47. The molecule has 3 aromatic rings. The molecular weight excluding hydrogens is 329 g/mol. The van der Waals surface area contributed by atoms with E-state index in [9.17, 15) is 12.8 Å². The summed E-state index contributed by atoms with van der Waals surface area (Å²) in [7, 11) is -2.50. The van der Waals surface area contributed by atoms with Gasteiger partial charge in [0.25, 0.3) is 0 Å². The minimum absolute atomic E-state index is 0.00278. The van der Waals surface area contributed by atoms with Crippen LogP contribution in [-0.4, -0.2) is 15.5 Å². The van der Waals surface area contributed by atoms with Gasteiger partial charge < -0.3 is 4.74 Å². The van der Waals surface area contributed by atoms with Crippen LogP contribution < -0.4 is 9.46 Å². The van der Waals surface area contributed by atoms with Crippen molar-refractivity contribution in [1.29, 1.82) is 0 Å². The number of rotatable bonds is 5. The molecule has 0 amide bonds. The number of benzene rings is 3. The second-order valence-corrected chi connectivity index (χ2v) is 7.03. The maximum atomic E-state index is 13.7. The summed E-state index contributed by atoms with van der Waals surface area (Å²) in [5.41, 5.74) is 0.852. The van der Waals surface area contributed by atoms with E-state index in [0.29, 0.717) is 0 Å². The molecule has 0 aromatic heterocycles. The van der Waals surface area contributed by atoms with E-state index in [-0.39, 0.29) is 17.2 Å². The highest BCUT2D eigenvalue weighted by atomic mass is 32.2. The molecule has 0 saturated heterocycles. The molecule has 0 bridgehead atoms. The van der Waals surface area contributed by atoms with Crippen molar-refractivity contribution < 1.29 is 17.5 Å². The lowest BCUT2D eigenvalue weighted by Gasteiger charge is -2.10.